The molecule has 0 bridgehead atoms. The number of aromatic nitrogens is 2. The molecule has 1 N–H and O–H groups in total. The predicted octanol–water partition coefficient (Wildman–Crippen LogP) is 4.80. The molecule has 5 rings (SSSR count). The number of nitrogens with zero attached hydrogens (tertiary/aromatic N) is 2. The molecule has 4 aromatic rings. The Morgan fingerprint density at radius 3 is 2.75 bits per heavy atom. The van der Waals surface area contributed by atoms with Gasteiger partial charge in [0.15, 0.2) is 11.5 Å². The van der Waals surface area contributed by atoms with Crippen LogP contribution in [-0.2, 0) is 13.0 Å². The molecule has 164 valence electrons. The molecule has 8 heteroatoms. The van der Waals surface area contributed by atoms with Crippen LogP contribution in [0.3, 0.4) is 0 Å². The fourth-order valence-electron chi connectivity index (χ4n) is 4.37. The van der Waals surface area contributed by atoms with Crippen molar-refractivity contribution in [2.45, 2.75) is 19.0 Å². The zero-order valence-electron chi connectivity index (χ0n) is 17.7. The third-order valence-corrected chi connectivity index (χ3v) is 7.02. The topological polar surface area (TPSA) is 67.5 Å². The average molecular weight is 468 g/mol. The summed E-state index contributed by atoms with van der Waals surface area (Å²) in [6, 6.07) is 13.6. The van der Waals surface area contributed by atoms with Gasteiger partial charge in [0, 0.05) is 16.4 Å². The highest BCUT2D eigenvalue weighted by molar-refractivity contribution is 7.10. The minimum atomic E-state index is -0.177. The van der Waals surface area contributed by atoms with E-state index in [-0.39, 0.29) is 11.6 Å². The minimum Gasteiger partial charge on any atom is -0.493 e. The molecular formula is C24H22ClN3O3S. The number of hydrogen-bond donors (Lipinski definition) is 1. The first-order chi connectivity index (χ1) is 15.6. The normalized spacial score (nSPS) is 16.2. The van der Waals surface area contributed by atoms with Crippen molar-refractivity contribution >= 4 is 33.8 Å². The summed E-state index contributed by atoms with van der Waals surface area (Å²) in [5.41, 5.74) is 2.90. The van der Waals surface area contributed by atoms with Crippen molar-refractivity contribution in [3.8, 4) is 11.5 Å². The van der Waals surface area contributed by atoms with Crippen LogP contribution in [0.5, 0.6) is 11.5 Å². The minimum absolute atomic E-state index is 0.0322. The molecule has 2 aromatic carbocycles. The van der Waals surface area contributed by atoms with E-state index in [4.69, 9.17) is 26.1 Å². The van der Waals surface area contributed by atoms with E-state index in [0.717, 1.165) is 18.7 Å². The molecule has 6 nitrogen and oxygen atoms in total. The Balaban J connectivity index is 1.57. The number of nitrogens with one attached hydrogen (secondary N) is 1. The van der Waals surface area contributed by atoms with Gasteiger partial charge in [-0.05, 0) is 59.3 Å². The second-order valence-electron chi connectivity index (χ2n) is 7.72. The van der Waals surface area contributed by atoms with Crippen LogP contribution in [0, 0.1) is 0 Å². The highest BCUT2D eigenvalue weighted by Crippen LogP contribution is 2.42. The van der Waals surface area contributed by atoms with E-state index in [1.54, 1.807) is 43.8 Å². The number of thiophene rings is 1. The standard InChI is InChI=1S/C24H22ClN3O3S/c1-30-19-10-14-7-8-28(23(21-4-3-9-32-21)16(14)12-20(19)31-2)13-22-26-18-6-5-15(25)11-17(18)24(29)27-22/h3-6,9-12,23H,7-8,13H2,1-2H3,(H,26,27,29)/t23-/m1/s1. The van der Waals surface area contributed by atoms with Crippen molar-refractivity contribution in [1.82, 2.24) is 14.9 Å². The van der Waals surface area contributed by atoms with Gasteiger partial charge in [0.2, 0.25) is 0 Å². The molecule has 2 aromatic heterocycles. The molecule has 1 atom stereocenters. The van der Waals surface area contributed by atoms with E-state index in [2.05, 4.69) is 39.5 Å². The third kappa shape index (κ3) is 3.77. The molecule has 0 fully saturated rings. The maximum absolute atomic E-state index is 12.7. The lowest BCUT2D eigenvalue weighted by Crippen LogP contribution is -2.36. The molecule has 0 aliphatic carbocycles. The van der Waals surface area contributed by atoms with Crippen LogP contribution in [0.15, 0.2) is 52.6 Å². The van der Waals surface area contributed by atoms with E-state index in [9.17, 15) is 4.79 Å². The number of hydrogen-bond acceptors (Lipinski definition) is 6. The monoisotopic (exact) mass is 467 g/mol. The fraction of sp³-hybridized carbons (Fsp3) is 0.250. The van der Waals surface area contributed by atoms with Crippen LogP contribution >= 0.6 is 22.9 Å². The maximum Gasteiger partial charge on any atom is 0.258 e. The average Bonchev–Trinajstić information content (AvgIpc) is 3.33. The Hall–Kier alpha value is -2.87. The van der Waals surface area contributed by atoms with Crippen molar-refractivity contribution < 1.29 is 9.47 Å². The van der Waals surface area contributed by atoms with Crippen LogP contribution in [0.2, 0.25) is 5.02 Å². The van der Waals surface area contributed by atoms with Crippen LogP contribution in [0.25, 0.3) is 10.9 Å². The SMILES string of the molecule is COc1cc2c(cc1OC)[C@H](c1cccs1)N(Cc1nc3ccc(Cl)cc3c(=O)[nH]1)CC2. The largest absolute Gasteiger partial charge is 0.493 e. The number of fused-ring (bicyclic) bond motifs is 2. The molecule has 0 unspecified atom stereocenters. The zero-order valence-corrected chi connectivity index (χ0v) is 19.3. The summed E-state index contributed by atoms with van der Waals surface area (Å²) in [6.07, 6.45) is 0.866. The summed E-state index contributed by atoms with van der Waals surface area (Å²) >= 11 is 7.77. The fourth-order valence-corrected chi connectivity index (χ4v) is 5.42. The first kappa shape index (κ1) is 21.0. The summed E-state index contributed by atoms with van der Waals surface area (Å²) in [5, 5.41) is 3.10. The van der Waals surface area contributed by atoms with E-state index in [1.807, 2.05) is 0 Å². The van der Waals surface area contributed by atoms with Gasteiger partial charge in [0.25, 0.3) is 5.56 Å². The number of rotatable bonds is 5. The molecule has 0 saturated heterocycles. The summed E-state index contributed by atoms with van der Waals surface area (Å²) in [6.45, 7) is 1.34. The highest BCUT2D eigenvalue weighted by Gasteiger charge is 2.31. The lowest BCUT2D eigenvalue weighted by molar-refractivity contribution is 0.201. The molecule has 3 heterocycles. The first-order valence-electron chi connectivity index (χ1n) is 10.3. The lowest BCUT2D eigenvalue weighted by atomic mass is 9.91. The Bertz CT molecular complexity index is 1340. The molecule has 0 amide bonds. The predicted molar refractivity (Wildman–Crippen MR) is 127 cm³/mol. The quantitative estimate of drug-likeness (QED) is 0.456. The van der Waals surface area contributed by atoms with Crippen molar-refractivity contribution in [2.24, 2.45) is 0 Å². The van der Waals surface area contributed by atoms with Gasteiger partial charge in [-0.25, -0.2) is 4.98 Å². The number of benzene rings is 2. The smallest absolute Gasteiger partial charge is 0.258 e. The number of H-pyrrole nitrogens is 1. The molecule has 1 aliphatic rings. The van der Waals surface area contributed by atoms with E-state index in [1.165, 1.54) is 16.0 Å². The van der Waals surface area contributed by atoms with Crippen LogP contribution in [0.4, 0.5) is 0 Å². The third-order valence-electron chi connectivity index (χ3n) is 5.86. The number of methoxy groups -OCH3 is 2. The van der Waals surface area contributed by atoms with Gasteiger partial charge in [-0.15, -0.1) is 11.3 Å². The van der Waals surface area contributed by atoms with E-state index >= 15 is 0 Å². The highest BCUT2D eigenvalue weighted by atomic mass is 35.5. The van der Waals surface area contributed by atoms with Crippen LogP contribution in [-0.4, -0.2) is 35.6 Å². The Kier molecular flexibility index (Phi) is 5.63. The van der Waals surface area contributed by atoms with Gasteiger partial charge in [-0.2, -0.15) is 0 Å². The molecular weight excluding hydrogens is 446 g/mol. The van der Waals surface area contributed by atoms with Crippen molar-refractivity contribution in [3.05, 3.63) is 85.0 Å². The van der Waals surface area contributed by atoms with Gasteiger partial charge in [0.1, 0.15) is 5.82 Å². The summed E-state index contributed by atoms with van der Waals surface area (Å²) in [4.78, 5) is 23.9. The van der Waals surface area contributed by atoms with Crippen molar-refractivity contribution in [1.29, 1.82) is 0 Å². The molecule has 32 heavy (non-hydrogen) atoms. The van der Waals surface area contributed by atoms with Gasteiger partial charge in [-0.3, -0.25) is 9.69 Å². The summed E-state index contributed by atoms with van der Waals surface area (Å²) < 4.78 is 11.1. The second kappa shape index (κ2) is 8.58. The molecule has 1 aliphatic heterocycles. The molecule has 0 saturated carbocycles. The molecule has 0 spiro atoms. The summed E-state index contributed by atoms with van der Waals surface area (Å²) in [7, 11) is 3.31. The lowest BCUT2D eigenvalue weighted by Gasteiger charge is -2.37. The molecule has 0 radical (unpaired) electrons. The zero-order chi connectivity index (χ0) is 22.2. The Morgan fingerprint density at radius 1 is 1.19 bits per heavy atom. The van der Waals surface area contributed by atoms with Gasteiger partial charge in [0.05, 0.1) is 37.7 Å². The van der Waals surface area contributed by atoms with Crippen molar-refractivity contribution in [2.75, 3.05) is 20.8 Å². The Morgan fingerprint density at radius 2 is 2.00 bits per heavy atom. The first-order valence-corrected chi connectivity index (χ1v) is 11.5. The van der Waals surface area contributed by atoms with Crippen LogP contribution < -0.4 is 15.0 Å². The maximum atomic E-state index is 12.7. The second-order valence-corrected chi connectivity index (χ2v) is 9.13. The van der Waals surface area contributed by atoms with Crippen molar-refractivity contribution in [3.63, 3.8) is 0 Å². The van der Waals surface area contributed by atoms with Crippen LogP contribution in [0.1, 0.15) is 27.9 Å². The number of aromatic amines is 1. The number of halogens is 1. The van der Waals surface area contributed by atoms with Gasteiger partial charge in [-0.1, -0.05) is 17.7 Å². The summed E-state index contributed by atoms with van der Waals surface area (Å²) in [5.74, 6) is 2.09. The van der Waals surface area contributed by atoms with E-state index < -0.39 is 0 Å². The van der Waals surface area contributed by atoms with Gasteiger partial charge >= 0.3 is 0 Å². The van der Waals surface area contributed by atoms with E-state index in [0.29, 0.717) is 34.0 Å². The number of ether oxygens (including phenoxy) is 2. The van der Waals surface area contributed by atoms with Gasteiger partial charge < -0.3 is 14.5 Å². The Labute approximate surface area is 194 Å².